The van der Waals surface area contributed by atoms with Crippen molar-refractivity contribution in [2.24, 2.45) is 0 Å². The summed E-state index contributed by atoms with van der Waals surface area (Å²) in [6.07, 6.45) is 0.970. The molecule has 0 saturated heterocycles. The van der Waals surface area contributed by atoms with Crippen LogP contribution in [0.5, 0.6) is 0 Å². The van der Waals surface area contributed by atoms with E-state index >= 15 is 0 Å². The fourth-order valence-electron chi connectivity index (χ4n) is 2.08. The monoisotopic (exact) mass is 327 g/mol. The highest BCUT2D eigenvalue weighted by molar-refractivity contribution is 6.74. The van der Waals surface area contributed by atoms with Gasteiger partial charge in [-0.1, -0.05) is 51.1 Å². The smallest absolute Gasteiger partial charge is 0.191 e. The summed E-state index contributed by atoms with van der Waals surface area (Å²) in [5.41, 5.74) is 3.55. The van der Waals surface area contributed by atoms with Gasteiger partial charge in [-0.3, -0.25) is 0 Å². The number of anilines is 2. The molecule has 1 N–H and O–H groups in total. The minimum atomic E-state index is -1.63. The molecule has 0 unspecified atom stereocenters. The Bertz CT molecular complexity index is 600. The zero-order valence-electron chi connectivity index (χ0n) is 15.0. The topological polar surface area (TPSA) is 21.3 Å². The van der Waals surface area contributed by atoms with E-state index in [2.05, 4.69) is 75.6 Å². The highest BCUT2D eigenvalue weighted by Crippen LogP contribution is 2.36. The number of hydrogen-bond donors (Lipinski definition) is 1. The van der Waals surface area contributed by atoms with E-state index in [1.807, 2.05) is 18.2 Å². The maximum Gasteiger partial charge on any atom is 0.191 e. The Labute approximate surface area is 142 Å². The molecule has 0 spiro atoms. The number of benzene rings is 2. The van der Waals surface area contributed by atoms with Crippen molar-refractivity contribution in [3.8, 4) is 0 Å². The highest BCUT2D eigenvalue weighted by Gasteiger charge is 2.36. The molecule has 0 radical (unpaired) electrons. The van der Waals surface area contributed by atoms with E-state index in [4.69, 9.17) is 4.43 Å². The first kappa shape index (κ1) is 17.8. The molecule has 0 bridgehead atoms. The van der Waals surface area contributed by atoms with Gasteiger partial charge in [0.15, 0.2) is 8.32 Å². The summed E-state index contributed by atoms with van der Waals surface area (Å²) in [6.45, 7) is 12.3. The third-order valence-electron chi connectivity index (χ3n) is 4.68. The minimum Gasteiger partial charge on any atom is -0.416 e. The van der Waals surface area contributed by atoms with Crippen LogP contribution in [0, 0.1) is 0 Å². The van der Waals surface area contributed by atoms with Crippen LogP contribution in [0.1, 0.15) is 26.3 Å². The largest absolute Gasteiger partial charge is 0.416 e. The molecular weight excluding hydrogens is 298 g/mol. The predicted octanol–water partition coefficient (Wildman–Crippen LogP) is 5.99. The average Bonchev–Trinajstić information content (AvgIpc) is 2.49. The normalized spacial score (nSPS) is 12.2. The third kappa shape index (κ3) is 5.22. The maximum atomic E-state index is 6.25. The van der Waals surface area contributed by atoms with Crippen molar-refractivity contribution in [3.05, 3.63) is 60.2 Å². The summed E-state index contributed by atoms with van der Waals surface area (Å²) in [4.78, 5) is 0. The van der Waals surface area contributed by atoms with Crippen LogP contribution in [-0.2, 0) is 10.8 Å². The summed E-state index contributed by atoms with van der Waals surface area (Å²) in [6, 6.07) is 18.9. The van der Waals surface area contributed by atoms with Crippen LogP contribution in [0.3, 0.4) is 0 Å². The van der Waals surface area contributed by atoms with Crippen molar-refractivity contribution in [1.82, 2.24) is 0 Å². The van der Waals surface area contributed by atoms with E-state index in [0.717, 1.165) is 24.4 Å². The average molecular weight is 328 g/mol. The second-order valence-electron chi connectivity index (χ2n) is 7.55. The van der Waals surface area contributed by atoms with E-state index in [-0.39, 0.29) is 5.04 Å². The zero-order valence-corrected chi connectivity index (χ0v) is 16.0. The van der Waals surface area contributed by atoms with Gasteiger partial charge in [0.05, 0.1) is 0 Å². The predicted molar refractivity (Wildman–Crippen MR) is 103 cm³/mol. The second kappa shape index (κ2) is 7.32. The molecule has 0 aliphatic rings. The van der Waals surface area contributed by atoms with Gasteiger partial charge in [-0.25, -0.2) is 0 Å². The number of para-hydroxylation sites is 1. The van der Waals surface area contributed by atoms with E-state index in [1.54, 1.807) is 0 Å². The molecule has 0 fully saturated rings. The van der Waals surface area contributed by atoms with Gasteiger partial charge in [0.25, 0.3) is 0 Å². The number of nitrogens with one attached hydrogen (secondary N) is 1. The van der Waals surface area contributed by atoms with Crippen molar-refractivity contribution in [1.29, 1.82) is 0 Å². The van der Waals surface area contributed by atoms with Gasteiger partial charge in [-0.05, 0) is 54.4 Å². The van der Waals surface area contributed by atoms with Crippen LogP contribution in [-0.4, -0.2) is 14.9 Å². The summed E-state index contributed by atoms with van der Waals surface area (Å²) < 4.78 is 6.25. The van der Waals surface area contributed by atoms with Crippen LogP contribution in [0.25, 0.3) is 0 Å². The Morgan fingerprint density at radius 1 is 0.870 bits per heavy atom. The van der Waals surface area contributed by atoms with E-state index in [0.29, 0.717) is 0 Å². The quantitative estimate of drug-likeness (QED) is 0.657. The molecule has 0 atom stereocenters. The number of hydrogen-bond acceptors (Lipinski definition) is 2. The van der Waals surface area contributed by atoms with Gasteiger partial charge in [0, 0.05) is 18.0 Å². The van der Waals surface area contributed by atoms with E-state index < -0.39 is 8.32 Å². The van der Waals surface area contributed by atoms with Crippen molar-refractivity contribution in [2.45, 2.75) is 45.3 Å². The van der Waals surface area contributed by atoms with Gasteiger partial charge in [-0.15, -0.1) is 0 Å². The molecule has 2 rings (SSSR count). The lowest BCUT2D eigenvalue weighted by Gasteiger charge is -2.36. The molecule has 0 saturated carbocycles. The van der Waals surface area contributed by atoms with Gasteiger partial charge in [0.1, 0.15) is 0 Å². The molecule has 2 nitrogen and oxygen atoms in total. The molecular formula is C20H29NOSi. The summed E-state index contributed by atoms with van der Waals surface area (Å²) >= 11 is 0. The van der Waals surface area contributed by atoms with Gasteiger partial charge < -0.3 is 9.74 Å². The SMILES string of the molecule is CC(C)(C)[Si](C)(C)OCCc1ccc(Nc2ccccc2)cc1. The lowest BCUT2D eigenvalue weighted by molar-refractivity contribution is 0.292. The van der Waals surface area contributed by atoms with E-state index in [9.17, 15) is 0 Å². The van der Waals surface area contributed by atoms with Crippen molar-refractivity contribution in [2.75, 3.05) is 11.9 Å². The molecule has 2 aromatic rings. The second-order valence-corrected chi connectivity index (χ2v) is 12.4. The molecule has 0 aliphatic heterocycles. The van der Waals surface area contributed by atoms with Gasteiger partial charge in [0.2, 0.25) is 0 Å². The van der Waals surface area contributed by atoms with Crippen LogP contribution >= 0.6 is 0 Å². The summed E-state index contributed by atoms with van der Waals surface area (Å²) in [5, 5.41) is 3.68. The van der Waals surface area contributed by atoms with E-state index in [1.165, 1.54) is 5.56 Å². The van der Waals surface area contributed by atoms with Crippen LogP contribution in [0.15, 0.2) is 54.6 Å². The van der Waals surface area contributed by atoms with Gasteiger partial charge >= 0.3 is 0 Å². The summed E-state index contributed by atoms with van der Waals surface area (Å²) in [7, 11) is -1.63. The molecule has 23 heavy (non-hydrogen) atoms. The van der Waals surface area contributed by atoms with Crippen molar-refractivity contribution < 1.29 is 4.43 Å². The summed E-state index contributed by atoms with van der Waals surface area (Å²) in [5.74, 6) is 0. The third-order valence-corrected chi connectivity index (χ3v) is 9.21. The Kier molecular flexibility index (Phi) is 5.66. The molecule has 3 heteroatoms. The molecule has 0 aliphatic carbocycles. The first-order chi connectivity index (χ1) is 10.8. The standard InChI is InChI=1S/C20H29NOSi/c1-20(2,3)23(4,5)22-16-15-17-11-13-19(14-12-17)21-18-9-7-6-8-10-18/h6-14,21H,15-16H2,1-5H3. The molecule has 2 aromatic carbocycles. The maximum absolute atomic E-state index is 6.25. The van der Waals surface area contributed by atoms with Crippen molar-refractivity contribution in [3.63, 3.8) is 0 Å². The Morgan fingerprint density at radius 2 is 1.43 bits per heavy atom. The Hall–Kier alpha value is -1.58. The minimum absolute atomic E-state index is 0.274. The fraction of sp³-hybridized carbons (Fsp3) is 0.400. The number of rotatable bonds is 6. The molecule has 0 aromatic heterocycles. The first-order valence-corrected chi connectivity index (χ1v) is 11.2. The molecule has 124 valence electrons. The Morgan fingerprint density at radius 3 is 2.00 bits per heavy atom. The molecule has 0 amide bonds. The lowest BCUT2D eigenvalue weighted by Crippen LogP contribution is -2.41. The Balaban J connectivity index is 1.86. The fourth-order valence-corrected chi connectivity index (χ4v) is 3.13. The van der Waals surface area contributed by atoms with Crippen LogP contribution in [0.2, 0.25) is 18.1 Å². The highest BCUT2D eigenvalue weighted by atomic mass is 28.4. The zero-order chi connectivity index (χ0) is 16.9. The lowest BCUT2D eigenvalue weighted by atomic mass is 10.1. The molecule has 0 heterocycles. The first-order valence-electron chi connectivity index (χ1n) is 8.33. The van der Waals surface area contributed by atoms with Crippen molar-refractivity contribution >= 4 is 19.7 Å². The van der Waals surface area contributed by atoms with Gasteiger partial charge in [-0.2, -0.15) is 0 Å². The van der Waals surface area contributed by atoms with Crippen LogP contribution in [0.4, 0.5) is 11.4 Å². The van der Waals surface area contributed by atoms with Crippen LogP contribution < -0.4 is 5.32 Å².